The summed E-state index contributed by atoms with van der Waals surface area (Å²) in [5, 5.41) is 11.8. The molecule has 0 unspecified atom stereocenters. The SMILES string of the molecule is C[Si](C)(C)c1ccc2c(-c3cccc(-c4cccc5ccccc45)c3)c3ccccc3c(-c3cccc(-c4cccc5ccccc45)c3)c2c1. The topological polar surface area (TPSA) is 0 Å². The van der Waals surface area contributed by atoms with Gasteiger partial charge in [-0.2, -0.15) is 0 Å². The van der Waals surface area contributed by atoms with Gasteiger partial charge in [0.25, 0.3) is 0 Å². The predicted molar refractivity (Wildman–Crippen MR) is 221 cm³/mol. The Kier molecular flexibility index (Phi) is 7.26. The third-order valence-corrected chi connectivity index (χ3v) is 12.4. The van der Waals surface area contributed by atoms with Crippen LogP contribution in [0.15, 0.2) is 176 Å². The molecule has 0 radical (unpaired) electrons. The first kappa shape index (κ1) is 30.3. The lowest BCUT2D eigenvalue weighted by Crippen LogP contribution is -2.37. The Morgan fingerprint density at radius 3 is 1.22 bits per heavy atom. The third-order valence-electron chi connectivity index (χ3n) is 10.4. The molecule has 0 amide bonds. The highest BCUT2D eigenvalue weighted by Gasteiger charge is 2.22. The van der Waals surface area contributed by atoms with E-state index in [0.29, 0.717) is 0 Å². The number of hydrogen-bond acceptors (Lipinski definition) is 0. The van der Waals surface area contributed by atoms with Gasteiger partial charge in [0.15, 0.2) is 0 Å². The standard InChI is InChI=1S/C49H38Si/c1-50(2,3)39-28-29-46-47(32-39)49(38-21-11-19-36(31-38)43-27-13-17-34-15-5-7-23-41(34)43)45-25-9-8-24-44(45)48(46)37-20-10-18-35(30-37)42-26-12-16-33-14-4-6-22-40(33)42/h4-32H,1-3H3. The van der Waals surface area contributed by atoms with Gasteiger partial charge in [0.2, 0.25) is 0 Å². The van der Waals surface area contributed by atoms with Crippen LogP contribution in [-0.2, 0) is 0 Å². The summed E-state index contributed by atoms with van der Waals surface area (Å²) >= 11 is 0. The van der Waals surface area contributed by atoms with E-state index in [9.17, 15) is 0 Å². The fourth-order valence-corrected chi connectivity index (χ4v) is 9.07. The zero-order valence-corrected chi connectivity index (χ0v) is 29.7. The molecule has 0 aliphatic rings. The van der Waals surface area contributed by atoms with E-state index in [1.165, 1.54) is 92.8 Å². The minimum absolute atomic E-state index is 1.24. The molecule has 0 heterocycles. The number of benzene rings is 9. The van der Waals surface area contributed by atoms with Crippen LogP contribution in [0.25, 0.3) is 87.6 Å². The molecule has 9 aromatic rings. The second kappa shape index (κ2) is 12.0. The van der Waals surface area contributed by atoms with E-state index in [1.807, 2.05) is 0 Å². The summed E-state index contributed by atoms with van der Waals surface area (Å²) in [7, 11) is -1.61. The molecule has 0 aliphatic heterocycles. The molecular formula is C49H38Si. The lowest BCUT2D eigenvalue weighted by Gasteiger charge is -2.22. The van der Waals surface area contributed by atoms with Gasteiger partial charge in [-0.3, -0.25) is 0 Å². The van der Waals surface area contributed by atoms with E-state index >= 15 is 0 Å². The van der Waals surface area contributed by atoms with Gasteiger partial charge in [-0.15, -0.1) is 0 Å². The smallest absolute Gasteiger partial charge is 0.0656 e. The van der Waals surface area contributed by atoms with Crippen LogP contribution in [-0.4, -0.2) is 8.07 Å². The zero-order valence-electron chi connectivity index (χ0n) is 28.7. The second-order valence-electron chi connectivity index (χ2n) is 14.5. The Morgan fingerprint density at radius 2 is 0.700 bits per heavy atom. The molecule has 1 heteroatoms. The average molecular weight is 655 g/mol. The highest BCUT2D eigenvalue weighted by molar-refractivity contribution is 6.88. The highest BCUT2D eigenvalue weighted by atomic mass is 28.3. The van der Waals surface area contributed by atoms with Gasteiger partial charge in [0.05, 0.1) is 8.07 Å². The van der Waals surface area contributed by atoms with Crippen molar-refractivity contribution < 1.29 is 0 Å². The number of fused-ring (bicyclic) bond motifs is 4. The molecule has 0 saturated heterocycles. The van der Waals surface area contributed by atoms with E-state index in [-0.39, 0.29) is 0 Å². The molecule has 0 atom stereocenters. The minimum Gasteiger partial charge on any atom is -0.0656 e. The van der Waals surface area contributed by atoms with Crippen LogP contribution < -0.4 is 5.19 Å². The van der Waals surface area contributed by atoms with Crippen molar-refractivity contribution in [3.05, 3.63) is 176 Å². The molecule has 0 aliphatic carbocycles. The van der Waals surface area contributed by atoms with Crippen LogP contribution in [0.1, 0.15) is 0 Å². The minimum atomic E-state index is -1.61. The summed E-state index contributed by atoms with van der Waals surface area (Å²) in [5.74, 6) is 0. The van der Waals surface area contributed by atoms with Crippen molar-refractivity contribution in [1.29, 1.82) is 0 Å². The van der Waals surface area contributed by atoms with Crippen LogP contribution in [0.4, 0.5) is 0 Å². The largest absolute Gasteiger partial charge is 0.0776 e. The zero-order chi connectivity index (χ0) is 33.8. The molecule has 9 aromatic carbocycles. The van der Waals surface area contributed by atoms with E-state index < -0.39 is 8.07 Å². The van der Waals surface area contributed by atoms with Crippen molar-refractivity contribution in [2.24, 2.45) is 0 Å². The van der Waals surface area contributed by atoms with Crippen LogP contribution >= 0.6 is 0 Å². The lowest BCUT2D eigenvalue weighted by molar-refractivity contribution is 1.62. The van der Waals surface area contributed by atoms with Crippen molar-refractivity contribution in [3.8, 4) is 44.5 Å². The van der Waals surface area contributed by atoms with Crippen LogP contribution in [0, 0.1) is 0 Å². The van der Waals surface area contributed by atoms with Gasteiger partial charge < -0.3 is 0 Å². The maximum absolute atomic E-state index is 2.52. The first-order valence-electron chi connectivity index (χ1n) is 17.6. The summed E-state index contributed by atoms with van der Waals surface area (Å²) in [6.07, 6.45) is 0. The molecule has 0 nitrogen and oxygen atoms in total. The van der Waals surface area contributed by atoms with Gasteiger partial charge in [-0.05, 0) is 99.7 Å². The average Bonchev–Trinajstić information content (AvgIpc) is 3.16. The molecular weight excluding hydrogens is 617 g/mol. The number of rotatable bonds is 5. The fourth-order valence-electron chi connectivity index (χ4n) is 7.91. The number of hydrogen-bond donors (Lipinski definition) is 0. The van der Waals surface area contributed by atoms with Gasteiger partial charge in [-0.25, -0.2) is 0 Å². The summed E-state index contributed by atoms with van der Waals surface area (Å²) in [6, 6.07) is 65.4. The van der Waals surface area contributed by atoms with Gasteiger partial charge in [0, 0.05) is 0 Å². The second-order valence-corrected chi connectivity index (χ2v) is 19.6. The highest BCUT2D eigenvalue weighted by Crippen LogP contribution is 2.45. The Labute approximate surface area is 295 Å². The van der Waals surface area contributed by atoms with E-state index in [1.54, 1.807) is 0 Å². The van der Waals surface area contributed by atoms with Crippen molar-refractivity contribution in [3.63, 3.8) is 0 Å². The third kappa shape index (κ3) is 5.14. The Morgan fingerprint density at radius 1 is 0.300 bits per heavy atom. The molecule has 0 bridgehead atoms. The van der Waals surface area contributed by atoms with Gasteiger partial charge in [-0.1, -0.05) is 189 Å². The predicted octanol–water partition coefficient (Wildman–Crippen LogP) is 13.5. The maximum Gasteiger partial charge on any atom is 0.0776 e. The molecule has 9 rings (SSSR count). The van der Waals surface area contributed by atoms with E-state index in [4.69, 9.17) is 0 Å². The van der Waals surface area contributed by atoms with Gasteiger partial charge >= 0.3 is 0 Å². The fraction of sp³-hybridized carbons (Fsp3) is 0.0612. The quantitative estimate of drug-likeness (QED) is 0.128. The van der Waals surface area contributed by atoms with Crippen molar-refractivity contribution in [2.75, 3.05) is 0 Å². The molecule has 0 spiro atoms. The van der Waals surface area contributed by atoms with E-state index in [2.05, 4.69) is 196 Å². The van der Waals surface area contributed by atoms with Crippen molar-refractivity contribution in [2.45, 2.75) is 19.6 Å². The molecule has 238 valence electrons. The van der Waals surface area contributed by atoms with E-state index in [0.717, 1.165) is 0 Å². The molecule has 0 aromatic heterocycles. The van der Waals surface area contributed by atoms with Crippen molar-refractivity contribution in [1.82, 2.24) is 0 Å². The molecule has 50 heavy (non-hydrogen) atoms. The van der Waals surface area contributed by atoms with Gasteiger partial charge in [0.1, 0.15) is 0 Å². The Hall–Kier alpha value is -5.76. The lowest BCUT2D eigenvalue weighted by atomic mass is 9.84. The van der Waals surface area contributed by atoms with Crippen LogP contribution in [0.5, 0.6) is 0 Å². The first-order chi connectivity index (χ1) is 24.4. The first-order valence-corrected chi connectivity index (χ1v) is 21.1. The maximum atomic E-state index is 2.52. The Balaban J connectivity index is 1.33. The summed E-state index contributed by atoms with van der Waals surface area (Å²) in [5.41, 5.74) is 10.1. The summed E-state index contributed by atoms with van der Waals surface area (Å²) < 4.78 is 0. The summed E-state index contributed by atoms with van der Waals surface area (Å²) in [6.45, 7) is 7.35. The molecule has 0 saturated carbocycles. The van der Waals surface area contributed by atoms with Crippen molar-refractivity contribution >= 4 is 56.4 Å². The van der Waals surface area contributed by atoms with Crippen LogP contribution in [0.3, 0.4) is 0 Å². The molecule has 0 fully saturated rings. The monoisotopic (exact) mass is 654 g/mol. The van der Waals surface area contributed by atoms with Crippen LogP contribution in [0.2, 0.25) is 19.6 Å². The normalized spacial score (nSPS) is 11.9. The molecule has 0 N–H and O–H groups in total. The summed E-state index contributed by atoms with van der Waals surface area (Å²) in [4.78, 5) is 0. The Bertz CT molecular complexity index is 2730.